The molecule has 0 aliphatic rings. The SMILES string of the molecule is COc1ccc(CSc2nc3nc(C)cc(Sc4nnnn4CCN(C)C)n3n2)cc1.Cl. The quantitative estimate of drug-likeness (QED) is 0.255. The molecule has 1 aromatic carbocycles. The van der Waals surface area contributed by atoms with Crippen LogP contribution in [-0.4, -0.2) is 72.4 Å². The molecule has 0 aliphatic heterocycles. The van der Waals surface area contributed by atoms with E-state index in [2.05, 4.69) is 35.5 Å². The van der Waals surface area contributed by atoms with Gasteiger partial charge in [-0.3, -0.25) is 0 Å². The van der Waals surface area contributed by atoms with Gasteiger partial charge in [-0.1, -0.05) is 23.9 Å². The Balaban J connectivity index is 0.00000289. The molecule has 0 saturated carbocycles. The number of hydrogen-bond donors (Lipinski definition) is 0. The summed E-state index contributed by atoms with van der Waals surface area (Å²) in [6, 6.07) is 9.95. The van der Waals surface area contributed by atoms with Crippen LogP contribution in [0.15, 0.2) is 45.7 Å². The second-order valence-electron chi connectivity index (χ2n) is 7.07. The van der Waals surface area contributed by atoms with Gasteiger partial charge in [-0.05, 0) is 67.0 Å². The van der Waals surface area contributed by atoms with Gasteiger partial charge in [0.2, 0.25) is 10.3 Å². The second kappa shape index (κ2) is 10.9. The molecule has 0 atom stereocenters. The summed E-state index contributed by atoms with van der Waals surface area (Å²) >= 11 is 3.02. The molecule has 0 radical (unpaired) electrons. The number of ether oxygens (including phenoxy) is 1. The smallest absolute Gasteiger partial charge is 0.254 e. The van der Waals surface area contributed by atoms with Gasteiger partial charge in [0.15, 0.2) is 0 Å². The van der Waals surface area contributed by atoms with Crippen LogP contribution >= 0.6 is 35.9 Å². The number of nitrogens with zero attached hydrogens (tertiary/aromatic N) is 9. The Morgan fingerprint density at radius 2 is 1.91 bits per heavy atom. The number of thioether (sulfide) groups is 1. The third-order valence-electron chi connectivity index (χ3n) is 4.37. The van der Waals surface area contributed by atoms with Gasteiger partial charge in [0.25, 0.3) is 5.78 Å². The highest BCUT2D eigenvalue weighted by Crippen LogP contribution is 2.28. The van der Waals surface area contributed by atoms with Crippen molar-refractivity contribution in [3.8, 4) is 5.75 Å². The van der Waals surface area contributed by atoms with Crippen molar-refractivity contribution in [3.05, 3.63) is 41.6 Å². The number of aromatic nitrogens is 8. The van der Waals surface area contributed by atoms with E-state index >= 15 is 0 Å². The van der Waals surface area contributed by atoms with Crippen LogP contribution in [0.5, 0.6) is 5.75 Å². The molecule has 0 aliphatic carbocycles. The van der Waals surface area contributed by atoms with Crippen molar-refractivity contribution in [2.45, 2.75) is 34.6 Å². The molecule has 0 bridgehead atoms. The lowest BCUT2D eigenvalue weighted by atomic mass is 10.2. The number of likely N-dealkylation sites (N-methyl/N-ethyl adjacent to an activating group) is 1. The van der Waals surface area contributed by atoms with Gasteiger partial charge in [0.1, 0.15) is 10.8 Å². The lowest BCUT2D eigenvalue weighted by Crippen LogP contribution is -2.19. The van der Waals surface area contributed by atoms with Gasteiger partial charge in [-0.2, -0.15) is 9.50 Å². The molecule has 170 valence electrons. The van der Waals surface area contributed by atoms with Crippen molar-refractivity contribution < 1.29 is 4.74 Å². The first-order valence-electron chi connectivity index (χ1n) is 9.61. The number of halogens is 1. The number of methoxy groups -OCH3 is 1. The zero-order valence-electron chi connectivity index (χ0n) is 18.2. The van der Waals surface area contributed by atoms with Crippen molar-refractivity contribution in [3.63, 3.8) is 0 Å². The zero-order valence-corrected chi connectivity index (χ0v) is 20.6. The van der Waals surface area contributed by atoms with Gasteiger partial charge in [0, 0.05) is 18.0 Å². The molecule has 0 amide bonds. The standard InChI is InChI=1S/C19H23N9OS2.ClH/c1-13-11-16(31-19-22-24-25-27(19)10-9-26(2)3)28-17(20-13)21-18(23-28)30-12-14-5-7-15(29-4)8-6-14;/h5-8,11H,9-10,12H2,1-4H3;1H. The molecule has 0 unspecified atom stereocenters. The van der Waals surface area contributed by atoms with E-state index in [-0.39, 0.29) is 12.4 Å². The average Bonchev–Trinajstić information content (AvgIpc) is 3.37. The molecule has 32 heavy (non-hydrogen) atoms. The fourth-order valence-electron chi connectivity index (χ4n) is 2.74. The van der Waals surface area contributed by atoms with Crippen LogP contribution in [0, 0.1) is 6.92 Å². The predicted octanol–water partition coefficient (Wildman–Crippen LogP) is 2.85. The molecular weight excluding hydrogens is 470 g/mol. The normalized spacial score (nSPS) is 11.2. The Morgan fingerprint density at radius 3 is 2.62 bits per heavy atom. The highest BCUT2D eigenvalue weighted by molar-refractivity contribution is 7.99. The highest BCUT2D eigenvalue weighted by Gasteiger charge is 2.15. The van der Waals surface area contributed by atoms with E-state index in [1.807, 2.05) is 51.4 Å². The molecule has 0 fully saturated rings. The molecule has 0 N–H and O–H groups in total. The maximum atomic E-state index is 5.21. The van der Waals surface area contributed by atoms with Crippen LogP contribution in [-0.2, 0) is 12.3 Å². The monoisotopic (exact) mass is 493 g/mol. The number of tetrazole rings is 1. The Kier molecular flexibility index (Phi) is 8.29. The molecule has 13 heteroatoms. The van der Waals surface area contributed by atoms with Gasteiger partial charge < -0.3 is 9.64 Å². The molecule has 0 spiro atoms. The Morgan fingerprint density at radius 1 is 1.12 bits per heavy atom. The number of fused-ring (bicyclic) bond motifs is 1. The maximum Gasteiger partial charge on any atom is 0.254 e. The van der Waals surface area contributed by atoms with E-state index in [0.717, 1.165) is 28.8 Å². The minimum atomic E-state index is 0. The maximum absolute atomic E-state index is 5.21. The second-order valence-corrected chi connectivity index (χ2v) is 9.00. The Hall–Kier alpha value is -2.41. The largest absolute Gasteiger partial charge is 0.497 e. The minimum absolute atomic E-state index is 0. The molecular formula is C19H24ClN9OS2. The van der Waals surface area contributed by atoms with Gasteiger partial charge in [0.05, 0.1) is 13.7 Å². The predicted molar refractivity (Wildman–Crippen MR) is 126 cm³/mol. The van der Waals surface area contributed by atoms with Crippen LogP contribution in [0.4, 0.5) is 0 Å². The Bertz CT molecular complexity index is 1160. The van der Waals surface area contributed by atoms with Gasteiger partial charge in [-0.25, -0.2) is 9.67 Å². The molecule has 3 aromatic heterocycles. The summed E-state index contributed by atoms with van der Waals surface area (Å²) in [5.41, 5.74) is 2.03. The fourth-order valence-corrected chi connectivity index (χ4v) is 4.45. The van der Waals surface area contributed by atoms with Crippen molar-refractivity contribution in [2.75, 3.05) is 27.7 Å². The van der Waals surface area contributed by atoms with Crippen molar-refractivity contribution in [2.24, 2.45) is 0 Å². The van der Waals surface area contributed by atoms with Crippen LogP contribution in [0.2, 0.25) is 0 Å². The first-order chi connectivity index (χ1) is 15.0. The van der Waals surface area contributed by atoms with E-state index in [4.69, 9.17) is 4.74 Å². The summed E-state index contributed by atoms with van der Waals surface area (Å²) in [7, 11) is 5.71. The van der Waals surface area contributed by atoms with E-state index < -0.39 is 0 Å². The topological polar surface area (TPSA) is 99.2 Å². The van der Waals surface area contributed by atoms with Gasteiger partial charge >= 0.3 is 0 Å². The summed E-state index contributed by atoms with van der Waals surface area (Å²) < 4.78 is 8.75. The lowest BCUT2D eigenvalue weighted by Gasteiger charge is -2.10. The number of aryl methyl sites for hydroxylation is 1. The van der Waals surface area contributed by atoms with Crippen LogP contribution < -0.4 is 4.74 Å². The van der Waals surface area contributed by atoms with Crippen molar-refractivity contribution >= 4 is 41.7 Å². The van der Waals surface area contributed by atoms with E-state index in [0.29, 0.717) is 22.6 Å². The van der Waals surface area contributed by atoms with Crippen LogP contribution in [0.3, 0.4) is 0 Å². The number of rotatable bonds is 9. The molecule has 0 saturated heterocycles. The van der Waals surface area contributed by atoms with Crippen molar-refractivity contribution in [1.29, 1.82) is 0 Å². The summed E-state index contributed by atoms with van der Waals surface area (Å²) in [4.78, 5) is 11.2. The minimum Gasteiger partial charge on any atom is -0.497 e. The number of hydrogen-bond acceptors (Lipinski definition) is 10. The molecule has 4 rings (SSSR count). The Labute approximate surface area is 200 Å². The summed E-state index contributed by atoms with van der Waals surface area (Å²) in [5, 5.41) is 19.0. The fraction of sp³-hybridized carbons (Fsp3) is 0.368. The van der Waals surface area contributed by atoms with Crippen molar-refractivity contribution in [1.82, 2.24) is 44.7 Å². The first kappa shape index (κ1) is 24.2. The molecule has 4 aromatic rings. The zero-order chi connectivity index (χ0) is 21.8. The van der Waals surface area contributed by atoms with Gasteiger partial charge in [-0.15, -0.1) is 22.6 Å². The third kappa shape index (κ3) is 5.88. The van der Waals surface area contributed by atoms with Crippen LogP contribution in [0.25, 0.3) is 5.78 Å². The first-order valence-corrected chi connectivity index (χ1v) is 11.4. The van der Waals surface area contributed by atoms with E-state index in [9.17, 15) is 0 Å². The lowest BCUT2D eigenvalue weighted by molar-refractivity contribution is 0.361. The van der Waals surface area contributed by atoms with Crippen LogP contribution in [0.1, 0.15) is 11.3 Å². The summed E-state index contributed by atoms with van der Waals surface area (Å²) in [5.74, 6) is 2.16. The highest BCUT2D eigenvalue weighted by atomic mass is 35.5. The third-order valence-corrected chi connectivity index (χ3v) is 6.25. The molecule has 10 nitrogen and oxygen atoms in total. The summed E-state index contributed by atoms with van der Waals surface area (Å²) in [6.07, 6.45) is 0. The summed E-state index contributed by atoms with van der Waals surface area (Å²) in [6.45, 7) is 3.49. The van der Waals surface area contributed by atoms with E-state index in [1.165, 1.54) is 17.3 Å². The van der Waals surface area contributed by atoms with E-state index in [1.54, 1.807) is 28.1 Å². The number of benzene rings is 1. The average molecular weight is 494 g/mol. The molecule has 3 heterocycles.